The van der Waals surface area contributed by atoms with E-state index in [2.05, 4.69) is 23.9 Å². The van der Waals surface area contributed by atoms with Crippen LogP contribution in [-0.2, 0) is 6.54 Å². The van der Waals surface area contributed by atoms with Crippen LogP contribution in [0.5, 0.6) is 0 Å². The van der Waals surface area contributed by atoms with Crippen molar-refractivity contribution in [2.24, 2.45) is 5.73 Å². The maximum Gasteiger partial charge on any atom is 0.141 e. The minimum Gasteiger partial charge on any atom is -0.382 e. The Kier molecular flexibility index (Phi) is 4.24. The Bertz CT molecular complexity index is 335. The number of rotatable bonds is 5. The topological polar surface area (TPSA) is 66.0 Å². The van der Waals surface area contributed by atoms with E-state index in [1.54, 1.807) is 6.20 Å². The highest BCUT2D eigenvalue weighted by molar-refractivity contribution is 5.93. The van der Waals surface area contributed by atoms with Gasteiger partial charge in [-0.3, -0.25) is 10.4 Å². The second kappa shape index (κ2) is 5.46. The molecule has 0 bridgehead atoms. The van der Waals surface area contributed by atoms with E-state index in [0.29, 0.717) is 5.69 Å². The lowest BCUT2D eigenvalue weighted by atomic mass is 10.2. The Labute approximate surface area is 90.6 Å². The van der Waals surface area contributed by atoms with E-state index in [4.69, 9.17) is 11.1 Å². The molecule has 0 unspecified atom stereocenters. The Morgan fingerprint density at radius 1 is 1.60 bits per heavy atom. The standard InChI is InChI=1S/C11H18N4/c1-3-6-15(2)8-9-4-5-14-10(7-9)11(12)13/h4-5,7H,3,6,8H2,1-2H3,(H3,12,13). The number of aromatic nitrogens is 1. The molecule has 15 heavy (non-hydrogen) atoms. The van der Waals surface area contributed by atoms with Crippen molar-refractivity contribution in [2.45, 2.75) is 19.9 Å². The first-order chi connectivity index (χ1) is 7.13. The first-order valence-electron chi connectivity index (χ1n) is 5.11. The molecule has 0 fully saturated rings. The van der Waals surface area contributed by atoms with Crippen LogP contribution in [0.1, 0.15) is 24.6 Å². The summed E-state index contributed by atoms with van der Waals surface area (Å²) in [6.45, 7) is 4.10. The molecular weight excluding hydrogens is 188 g/mol. The van der Waals surface area contributed by atoms with Crippen molar-refractivity contribution in [1.82, 2.24) is 9.88 Å². The molecule has 82 valence electrons. The van der Waals surface area contributed by atoms with Crippen LogP contribution in [0, 0.1) is 5.41 Å². The lowest BCUT2D eigenvalue weighted by Crippen LogP contribution is -2.19. The van der Waals surface area contributed by atoms with Gasteiger partial charge in [0.15, 0.2) is 0 Å². The quantitative estimate of drug-likeness (QED) is 0.562. The van der Waals surface area contributed by atoms with Crippen LogP contribution in [0.25, 0.3) is 0 Å². The van der Waals surface area contributed by atoms with E-state index in [1.165, 1.54) is 0 Å². The molecule has 0 aromatic carbocycles. The highest BCUT2D eigenvalue weighted by Gasteiger charge is 2.02. The van der Waals surface area contributed by atoms with Crippen molar-refractivity contribution in [3.05, 3.63) is 29.6 Å². The van der Waals surface area contributed by atoms with Crippen LogP contribution in [0.15, 0.2) is 18.3 Å². The van der Waals surface area contributed by atoms with Gasteiger partial charge in [-0.25, -0.2) is 0 Å². The fraction of sp³-hybridized carbons (Fsp3) is 0.455. The third-order valence-corrected chi connectivity index (χ3v) is 2.16. The van der Waals surface area contributed by atoms with Gasteiger partial charge in [0.1, 0.15) is 11.5 Å². The van der Waals surface area contributed by atoms with E-state index in [-0.39, 0.29) is 5.84 Å². The molecule has 4 heteroatoms. The second-order valence-corrected chi connectivity index (χ2v) is 3.70. The summed E-state index contributed by atoms with van der Waals surface area (Å²) in [5.41, 5.74) is 7.08. The van der Waals surface area contributed by atoms with Crippen LogP contribution >= 0.6 is 0 Å². The third-order valence-electron chi connectivity index (χ3n) is 2.16. The van der Waals surface area contributed by atoms with E-state index in [0.717, 1.165) is 25.1 Å². The van der Waals surface area contributed by atoms with Crippen LogP contribution < -0.4 is 5.73 Å². The monoisotopic (exact) mass is 206 g/mol. The molecule has 0 amide bonds. The van der Waals surface area contributed by atoms with Crippen molar-refractivity contribution in [2.75, 3.05) is 13.6 Å². The summed E-state index contributed by atoms with van der Waals surface area (Å²) in [5, 5.41) is 7.30. The number of nitrogens with zero attached hydrogens (tertiary/aromatic N) is 2. The van der Waals surface area contributed by atoms with Gasteiger partial charge in [-0.05, 0) is 37.7 Å². The minimum absolute atomic E-state index is 0.0231. The van der Waals surface area contributed by atoms with Crippen molar-refractivity contribution in [1.29, 1.82) is 5.41 Å². The van der Waals surface area contributed by atoms with Gasteiger partial charge in [0, 0.05) is 12.7 Å². The maximum absolute atomic E-state index is 7.30. The summed E-state index contributed by atoms with van der Waals surface area (Å²) >= 11 is 0. The van der Waals surface area contributed by atoms with E-state index in [9.17, 15) is 0 Å². The average molecular weight is 206 g/mol. The van der Waals surface area contributed by atoms with Crippen molar-refractivity contribution in [3.8, 4) is 0 Å². The molecule has 0 atom stereocenters. The Morgan fingerprint density at radius 2 is 2.33 bits per heavy atom. The Morgan fingerprint density at radius 3 is 2.93 bits per heavy atom. The summed E-state index contributed by atoms with van der Waals surface area (Å²) in [7, 11) is 2.08. The van der Waals surface area contributed by atoms with Crippen LogP contribution in [-0.4, -0.2) is 29.3 Å². The van der Waals surface area contributed by atoms with E-state index >= 15 is 0 Å². The molecule has 1 heterocycles. The smallest absolute Gasteiger partial charge is 0.141 e. The number of nitrogens with one attached hydrogen (secondary N) is 1. The molecule has 0 spiro atoms. The van der Waals surface area contributed by atoms with Crippen molar-refractivity contribution in [3.63, 3.8) is 0 Å². The van der Waals surface area contributed by atoms with Gasteiger partial charge in [-0.2, -0.15) is 0 Å². The largest absolute Gasteiger partial charge is 0.382 e. The van der Waals surface area contributed by atoms with Gasteiger partial charge < -0.3 is 10.6 Å². The number of pyridine rings is 1. The molecule has 0 aliphatic rings. The molecule has 1 rings (SSSR count). The first-order valence-corrected chi connectivity index (χ1v) is 5.11. The van der Waals surface area contributed by atoms with Gasteiger partial charge in [-0.15, -0.1) is 0 Å². The van der Waals surface area contributed by atoms with Crippen molar-refractivity contribution >= 4 is 5.84 Å². The lowest BCUT2D eigenvalue weighted by Gasteiger charge is -2.15. The highest BCUT2D eigenvalue weighted by atomic mass is 15.1. The predicted octanol–water partition coefficient (Wildman–Crippen LogP) is 1.21. The first kappa shape index (κ1) is 11.7. The molecular formula is C11H18N4. The second-order valence-electron chi connectivity index (χ2n) is 3.70. The maximum atomic E-state index is 7.30. The van der Waals surface area contributed by atoms with Gasteiger partial charge in [0.25, 0.3) is 0 Å². The zero-order valence-corrected chi connectivity index (χ0v) is 9.33. The zero-order chi connectivity index (χ0) is 11.3. The third kappa shape index (κ3) is 3.67. The number of amidine groups is 1. The molecule has 0 saturated carbocycles. The summed E-state index contributed by atoms with van der Waals surface area (Å²) in [6, 6.07) is 3.83. The molecule has 0 radical (unpaired) electrons. The highest BCUT2D eigenvalue weighted by Crippen LogP contribution is 2.04. The van der Waals surface area contributed by atoms with Gasteiger partial charge in [0.2, 0.25) is 0 Å². The molecule has 4 nitrogen and oxygen atoms in total. The fourth-order valence-electron chi connectivity index (χ4n) is 1.49. The average Bonchev–Trinajstić information content (AvgIpc) is 2.18. The molecule has 1 aromatic heterocycles. The molecule has 0 aliphatic heterocycles. The summed E-state index contributed by atoms with van der Waals surface area (Å²) < 4.78 is 0. The number of nitrogens with two attached hydrogens (primary N) is 1. The van der Waals surface area contributed by atoms with Crippen molar-refractivity contribution < 1.29 is 0 Å². The van der Waals surface area contributed by atoms with E-state index < -0.39 is 0 Å². The molecule has 0 aliphatic carbocycles. The van der Waals surface area contributed by atoms with Gasteiger partial charge in [-0.1, -0.05) is 6.92 Å². The molecule has 0 saturated heterocycles. The lowest BCUT2D eigenvalue weighted by molar-refractivity contribution is 0.327. The SMILES string of the molecule is CCCN(C)Cc1ccnc(C(=N)N)c1. The number of nitrogen functional groups attached to an aromatic ring is 1. The Balaban J connectivity index is 2.69. The fourth-order valence-corrected chi connectivity index (χ4v) is 1.49. The zero-order valence-electron chi connectivity index (χ0n) is 9.33. The summed E-state index contributed by atoms with van der Waals surface area (Å²) in [4.78, 5) is 6.26. The predicted molar refractivity (Wildman–Crippen MR) is 61.9 cm³/mol. The number of hydrogen-bond donors (Lipinski definition) is 2. The molecule has 3 N–H and O–H groups in total. The minimum atomic E-state index is 0.0231. The Hall–Kier alpha value is -1.42. The van der Waals surface area contributed by atoms with Gasteiger partial charge in [0.05, 0.1) is 0 Å². The van der Waals surface area contributed by atoms with Crippen LogP contribution in [0.2, 0.25) is 0 Å². The number of hydrogen-bond acceptors (Lipinski definition) is 3. The summed E-state index contributed by atoms with van der Waals surface area (Å²) in [6.07, 6.45) is 2.84. The summed E-state index contributed by atoms with van der Waals surface area (Å²) in [5.74, 6) is 0.0231. The van der Waals surface area contributed by atoms with Crippen LogP contribution in [0.4, 0.5) is 0 Å². The normalized spacial score (nSPS) is 10.6. The van der Waals surface area contributed by atoms with Crippen LogP contribution in [0.3, 0.4) is 0 Å². The van der Waals surface area contributed by atoms with Gasteiger partial charge >= 0.3 is 0 Å². The molecule has 1 aromatic rings. The van der Waals surface area contributed by atoms with E-state index in [1.807, 2.05) is 12.1 Å².